The van der Waals surface area contributed by atoms with Gasteiger partial charge in [0.15, 0.2) is 0 Å². The molecule has 15 heavy (non-hydrogen) atoms. The minimum absolute atomic E-state index is 0.256. The third-order valence-electron chi connectivity index (χ3n) is 1.74. The molecule has 1 aromatic rings. The van der Waals surface area contributed by atoms with Gasteiger partial charge in [0.05, 0.1) is 5.54 Å². The standard InChI is InChI=1S/C9H16N4OS/c1-5(2)6-12-13-8(15-6)11-7(14)9(3,4)10/h5H,10H2,1-4H3,(H,11,13,14). The second-order valence-corrected chi connectivity index (χ2v) is 5.29. The lowest BCUT2D eigenvalue weighted by molar-refractivity contribution is -0.120. The Bertz CT molecular complexity index is 353. The van der Waals surface area contributed by atoms with Gasteiger partial charge in [-0.25, -0.2) is 0 Å². The quantitative estimate of drug-likeness (QED) is 0.818. The van der Waals surface area contributed by atoms with Crippen LogP contribution in [0.4, 0.5) is 5.13 Å². The molecule has 0 radical (unpaired) electrons. The highest BCUT2D eigenvalue weighted by Crippen LogP contribution is 2.22. The van der Waals surface area contributed by atoms with Gasteiger partial charge in [-0.3, -0.25) is 10.1 Å². The molecule has 6 heteroatoms. The van der Waals surface area contributed by atoms with E-state index in [1.54, 1.807) is 13.8 Å². The van der Waals surface area contributed by atoms with E-state index in [9.17, 15) is 4.79 Å². The number of carbonyl (C=O) groups is 1. The molecule has 1 heterocycles. The van der Waals surface area contributed by atoms with Crippen molar-refractivity contribution in [2.24, 2.45) is 5.73 Å². The van der Waals surface area contributed by atoms with E-state index < -0.39 is 5.54 Å². The molecule has 0 saturated carbocycles. The zero-order valence-corrected chi connectivity index (χ0v) is 10.2. The minimum Gasteiger partial charge on any atom is -0.318 e. The van der Waals surface area contributed by atoms with Gasteiger partial charge in [-0.15, -0.1) is 10.2 Å². The summed E-state index contributed by atoms with van der Waals surface area (Å²) in [6.45, 7) is 7.34. The van der Waals surface area contributed by atoms with Crippen LogP contribution in [0.5, 0.6) is 0 Å². The molecule has 0 atom stereocenters. The molecule has 0 aromatic carbocycles. The molecule has 0 fully saturated rings. The molecular formula is C9H16N4OS. The lowest BCUT2D eigenvalue weighted by Gasteiger charge is -2.15. The number of amides is 1. The predicted molar refractivity (Wildman–Crippen MR) is 60.9 cm³/mol. The summed E-state index contributed by atoms with van der Waals surface area (Å²) in [7, 11) is 0. The number of hydrogen-bond donors (Lipinski definition) is 2. The Morgan fingerprint density at radius 1 is 1.47 bits per heavy atom. The number of rotatable bonds is 3. The summed E-state index contributed by atoms with van der Waals surface area (Å²) in [5.41, 5.74) is 4.74. The molecule has 84 valence electrons. The monoisotopic (exact) mass is 228 g/mol. The van der Waals surface area contributed by atoms with Crippen LogP contribution in [0.3, 0.4) is 0 Å². The van der Waals surface area contributed by atoms with Gasteiger partial charge >= 0.3 is 0 Å². The van der Waals surface area contributed by atoms with E-state index in [0.29, 0.717) is 11.0 Å². The zero-order chi connectivity index (χ0) is 11.6. The Labute approximate surface area is 93.1 Å². The highest BCUT2D eigenvalue weighted by Gasteiger charge is 2.23. The molecule has 1 rings (SSSR count). The first-order chi connectivity index (χ1) is 6.80. The Morgan fingerprint density at radius 2 is 2.07 bits per heavy atom. The van der Waals surface area contributed by atoms with E-state index >= 15 is 0 Å². The molecule has 0 unspecified atom stereocenters. The third-order valence-corrected chi connectivity index (χ3v) is 2.88. The molecule has 0 aliphatic carbocycles. The maximum atomic E-state index is 11.5. The van der Waals surface area contributed by atoms with Gasteiger partial charge in [0.2, 0.25) is 11.0 Å². The van der Waals surface area contributed by atoms with Crippen molar-refractivity contribution in [1.82, 2.24) is 10.2 Å². The van der Waals surface area contributed by atoms with Crippen LogP contribution in [0.2, 0.25) is 0 Å². The average molecular weight is 228 g/mol. The van der Waals surface area contributed by atoms with Crippen LogP contribution in [-0.2, 0) is 4.79 Å². The number of anilines is 1. The summed E-state index contributed by atoms with van der Waals surface area (Å²) in [6.07, 6.45) is 0. The fraction of sp³-hybridized carbons (Fsp3) is 0.667. The van der Waals surface area contributed by atoms with Crippen molar-refractivity contribution in [3.05, 3.63) is 5.01 Å². The van der Waals surface area contributed by atoms with E-state index in [4.69, 9.17) is 5.73 Å². The predicted octanol–water partition coefficient (Wildman–Crippen LogP) is 1.34. The van der Waals surface area contributed by atoms with Gasteiger partial charge in [-0.05, 0) is 13.8 Å². The van der Waals surface area contributed by atoms with E-state index in [0.717, 1.165) is 5.01 Å². The van der Waals surface area contributed by atoms with Gasteiger partial charge in [-0.2, -0.15) is 0 Å². The van der Waals surface area contributed by atoms with E-state index in [1.165, 1.54) is 11.3 Å². The number of carbonyl (C=O) groups excluding carboxylic acids is 1. The molecule has 3 N–H and O–H groups in total. The summed E-state index contributed by atoms with van der Waals surface area (Å²) < 4.78 is 0. The van der Waals surface area contributed by atoms with E-state index in [2.05, 4.69) is 15.5 Å². The molecular weight excluding hydrogens is 212 g/mol. The SMILES string of the molecule is CC(C)c1nnc(NC(=O)C(C)(C)N)s1. The van der Waals surface area contributed by atoms with Crippen molar-refractivity contribution in [2.75, 3.05) is 5.32 Å². The molecule has 1 aromatic heterocycles. The number of nitrogens with zero attached hydrogens (tertiary/aromatic N) is 2. The van der Waals surface area contributed by atoms with Crippen molar-refractivity contribution in [3.8, 4) is 0 Å². The first-order valence-corrected chi connectivity index (χ1v) is 5.56. The topological polar surface area (TPSA) is 80.9 Å². The number of nitrogens with two attached hydrogens (primary N) is 1. The van der Waals surface area contributed by atoms with Gasteiger partial charge in [-0.1, -0.05) is 25.2 Å². The Hall–Kier alpha value is -1.01. The van der Waals surface area contributed by atoms with Crippen LogP contribution < -0.4 is 11.1 Å². The highest BCUT2D eigenvalue weighted by atomic mass is 32.1. The lowest BCUT2D eigenvalue weighted by atomic mass is 10.1. The molecule has 1 amide bonds. The molecule has 0 spiro atoms. The van der Waals surface area contributed by atoms with E-state index in [1.807, 2.05) is 13.8 Å². The molecule has 5 nitrogen and oxygen atoms in total. The summed E-state index contributed by atoms with van der Waals surface area (Å²) >= 11 is 1.38. The Kier molecular flexibility index (Phi) is 3.41. The first kappa shape index (κ1) is 12.1. The van der Waals surface area contributed by atoms with Crippen LogP contribution >= 0.6 is 11.3 Å². The summed E-state index contributed by atoms with van der Waals surface area (Å²) in [6, 6.07) is 0. The summed E-state index contributed by atoms with van der Waals surface area (Å²) in [5, 5.41) is 11.9. The van der Waals surface area contributed by atoms with Gasteiger partial charge in [0.1, 0.15) is 5.01 Å². The van der Waals surface area contributed by atoms with Crippen molar-refractivity contribution >= 4 is 22.4 Å². The number of nitrogens with one attached hydrogen (secondary N) is 1. The van der Waals surface area contributed by atoms with Crippen LogP contribution in [0, 0.1) is 0 Å². The van der Waals surface area contributed by atoms with Crippen LogP contribution in [0.1, 0.15) is 38.6 Å². The van der Waals surface area contributed by atoms with Crippen molar-refractivity contribution in [3.63, 3.8) is 0 Å². The maximum Gasteiger partial charge on any atom is 0.245 e. The maximum absolute atomic E-state index is 11.5. The smallest absolute Gasteiger partial charge is 0.245 e. The largest absolute Gasteiger partial charge is 0.318 e. The van der Waals surface area contributed by atoms with Crippen LogP contribution in [0.15, 0.2) is 0 Å². The normalized spacial score (nSPS) is 11.9. The minimum atomic E-state index is -0.899. The fourth-order valence-electron chi connectivity index (χ4n) is 0.777. The first-order valence-electron chi connectivity index (χ1n) is 4.74. The molecule has 0 saturated heterocycles. The van der Waals surface area contributed by atoms with Gasteiger partial charge < -0.3 is 5.73 Å². The third kappa shape index (κ3) is 3.24. The van der Waals surface area contributed by atoms with Gasteiger partial charge in [0, 0.05) is 5.92 Å². The summed E-state index contributed by atoms with van der Waals surface area (Å²) in [5.74, 6) is 0.0630. The zero-order valence-electron chi connectivity index (χ0n) is 9.37. The fourth-order valence-corrected chi connectivity index (χ4v) is 1.52. The second kappa shape index (κ2) is 4.24. The summed E-state index contributed by atoms with van der Waals surface area (Å²) in [4.78, 5) is 11.5. The lowest BCUT2D eigenvalue weighted by Crippen LogP contribution is -2.45. The van der Waals surface area contributed by atoms with Crippen LogP contribution in [0.25, 0.3) is 0 Å². The molecule has 0 aliphatic heterocycles. The Morgan fingerprint density at radius 3 is 2.47 bits per heavy atom. The van der Waals surface area contributed by atoms with Crippen LogP contribution in [-0.4, -0.2) is 21.6 Å². The van der Waals surface area contributed by atoms with Crippen molar-refractivity contribution < 1.29 is 4.79 Å². The average Bonchev–Trinajstić information content (AvgIpc) is 2.50. The van der Waals surface area contributed by atoms with Gasteiger partial charge in [0.25, 0.3) is 0 Å². The number of aromatic nitrogens is 2. The van der Waals surface area contributed by atoms with E-state index in [-0.39, 0.29) is 5.91 Å². The second-order valence-electron chi connectivity index (χ2n) is 4.28. The van der Waals surface area contributed by atoms with Crippen molar-refractivity contribution in [1.29, 1.82) is 0 Å². The highest BCUT2D eigenvalue weighted by molar-refractivity contribution is 7.15. The Balaban J connectivity index is 2.70. The number of hydrogen-bond acceptors (Lipinski definition) is 5. The molecule has 0 bridgehead atoms. The van der Waals surface area contributed by atoms with Crippen molar-refractivity contribution in [2.45, 2.75) is 39.2 Å². The molecule has 0 aliphatic rings.